The van der Waals surface area contributed by atoms with Crippen molar-refractivity contribution in [2.75, 3.05) is 6.54 Å². The molecule has 3 unspecified atom stereocenters. The van der Waals surface area contributed by atoms with E-state index in [0.29, 0.717) is 12.3 Å². The molecule has 3 atom stereocenters. The minimum absolute atomic E-state index is 0.121. The maximum atomic E-state index is 9.82. The minimum atomic E-state index is -0.438. The van der Waals surface area contributed by atoms with Gasteiger partial charge in [-0.05, 0) is 25.3 Å². The largest absolute Gasteiger partial charge is 0.379 e. The van der Waals surface area contributed by atoms with Crippen molar-refractivity contribution < 1.29 is 5.11 Å². The molecule has 3 nitrogen and oxygen atoms in total. The second kappa shape index (κ2) is 11.0. The van der Waals surface area contributed by atoms with Crippen LogP contribution < -0.4 is 11.1 Å². The Morgan fingerprint density at radius 1 is 1.12 bits per heavy atom. The molecule has 0 amide bonds. The molecular formula is C14H32N2O. The molecule has 0 radical (unpaired) electrons. The van der Waals surface area contributed by atoms with E-state index in [0.717, 1.165) is 25.8 Å². The Hall–Kier alpha value is -0.120. The van der Waals surface area contributed by atoms with Gasteiger partial charge in [0.1, 0.15) is 6.23 Å². The molecule has 0 aliphatic heterocycles. The van der Waals surface area contributed by atoms with Crippen molar-refractivity contribution in [2.24, 2.45) is 11.7 Å². The third-order valence-corrected chi connectivity index (χ3v) is 3.46. The first-order chi connectivity index (χ1) is 8.15. The number of hydrogen-bond donors (Lipinski definition) is 3. The summed E-state index contributed by atoms with van der Waals surface area (Å²) in [4.78, 5) is 0. The predicted octanol–water partition coefficient (Wildman–Crippen LogP) is 2.63. The molecule has 0 saturated carbocycles. The molecule has 0 bridgehead atoms. The molecule has 0 fully saturated rings. The molecule has 0 heterocycles. The van der Waals surface area contributed by atoms with Gasteiger partial charge in [0.05, 0.1) is 0 Å². The maximum Gasteiger partial charge on any atom is 0.106 e. The molecule has 0 spiro atoms. The second-order valence-corrected chi connectivity index (χ2v) is 5.03. The average molecular weight is 244 g/mol. The summed E-state index contributed by atoms with van der Waals surface area (Å²) >= 11 is 0. The van der Waals surface area contributed by atoms with Gasteiger partial charge in [0.25, 0.3) is 0 Å². The summed E-state index contributed by atoms with van der Waals surface area (Å²) in [6.45, 7) is 7.43. The SMILES string of the molecule is CCCCNC(O)CC(N)C(CC)CCCC. The van der Waals surface area contributed by atoms with E-state index in [1.165, 1.54) is 19.3 Å². The Bertz CT molecular complexity index is 164. The first kappa shape index (κ1) is 16.9. The summed E-state index contributed by atoms with van der Waals surface area (Å²) in [5.74, 6) is 0.553. The fourth-order valence-corrected chi connectivity index (χ4v) is 2.17. The molecule has 3 heteroatoms. The van der Waals surface area contributed by atoms with Crippen LogP contribution in [0.2, 0.25) is 0 Å². The Morgan fingerprint density at radius 2 is 1.76 bits per heavy atom. The molecular weight excluding hydrogens is 212 g/mol. The summed E-state index contributed by atoms with van der Waals surface area (Å²) in [5, 5.41) is 12.9. The highest BCUT2D eigenvalue weighted by molar-refractivity contribution is 4.74. The highest BCUT2D eigenvalue weighted by Gasteiger charge is 2.18. The highest BCUT2D eigenvalue weighted by atomic mass is 16.3. The van der Waals surface area contributed by atoms with Crippen molar-refractivity contribution >= 4 is 0 Å². The number of aliphatic hydroxyl groups is 1. The molecule has 0 rings (SSSR count). The molecule has 0 aromatic heterocycles. The van der Waals surface area contributed by atoms with Crippen molar-refractivity contribution in [1.82, 2.24) is 5.32 Å². The van der Waals surface area contributed by atoms with E-state index in [2.05, 4.69) is 26.1 Å². The molecule has 0 aliphatic carbocycles. The number of unbranched alkanes of at least 4 members (excludes halogenated alkanes) is 2. The fraction of sp³-hybridized carbons (Fsp3) is 1.00. The van der Waals surface area contributed by atoms with Gasteiger partial charge in [-0.25, -0.2) is 0 Å². The molecule has 17 heavy (non-hydrogen) atoms. The van der Waals surface area contributed by atoms with E-state index in [4.69, 9.17) is 5.73 Å². The van der Waals surface area contributed by atoms with Crippen LogP contribution in [0.3, 0.4) is 0 Å². The molecule has 0 aromatic carbocycles. The first-order valence-corrected chi connectivity index (χ1v) is 7.32. The molecule has 104 valence electrons. The maximum absolute atomic E-state index is 9.82. The zero-order valence-electron chi connectivity index (χ0n) is 11.9. The fourth-order valence-electron chi connectivity index (χ4n) is 2.17. The lowest BCUT2D eigenvalue weighted by molar-refractivity contribution is 0.109. The number of nitrogens with two attached hydrogens (primary N) is 1. The van der Waals surface area contributed by atoms with Crippen molar-refractivity contribution in [3.63, 3.8) is 0 Å². The van der Waals surface area contributed by atoms with Crippen LogP contribution in [0.5, 0.6) is 0 Å². The van der Waals surface area contributed by atoms with Crippen LogP contribution in [-0.4, -0.2) is 23.9 Å². The monoisotopic (exact) mass is 244 g/mol. The van der Waals surface area contributed by atoms with Crippen LogP contribution in [0.15, 0.2) is 0 Å². The highest BCUT2D eigenvalue weighted by Crippen LogP contribution is 2.18. The Balaban J connectivity index is 3.81. The topological polar surface area (TPSA) is 58.3 Å². The molecule has 4 N–H and O–H groups in total. The lowest BCUT2D eigenvalue weighted by Crippen LogP contribution is -2.39. The van der Waals surface area contributed by atoms with E-state index < -0.39 is 6.23 Å². The van der Waals surface area contributed by atoms with Gasteiger partial charge in [0, 0.05) is 12.5 Å². The van der Waals surface area contributed by atoms with E-state index in [9.17, 15) is 5.11 Å². The summed E-state index contributed by atoms with van der Waals surface area (Å²) in [7, 11) is 0. The van der Waals surface area contributed by atoms with Gasteiger partial charge in [-0.15, -0.1) is 0 Å². The summed E-state index contributed by atoms with van der Waals surface area (Å²) in [6.07, 6.45) is 7.27. The van der Waals surface area contributed by atoms with Crippen molar-refractivity contribution in [2.45, 2.75) is 78.0 Å². The summed E-state index contributed by atoms with van der Waals surface area (Å²) in [5.41, 5.74) is 6.17. The zero-order valence-corrected chi connectivity index (χ0v) is 11.9. The second-order valence-electron chi connectivity index (χ2n) is 5.03. The number of rotatable bonds is 11. The molecule has 0 saturated heterocycles. The van der Waals surface area contributed by atoms with Crippen molar-refractivity contribution in [3.05, 3.63) is 0 Å². The number of nitrogens with one attached hydrogen (secondary N) is 1. The summed E-state index contributed by atoms with van der Waals surface area (Å²) in [6, 6.07) is 0.121. The van der Waals surface area contributed by atoms with Crippen LogP contribution in [0.25, 0.3) is 0 Å². The lowest BCUT2D eigenvalue weighted by atomic mass is 9.89. The van der Waals surface area contributed by atoms with Gasteiger partial charge >= 0.3 is 0 Å². The first-order valence-electron chi connectivity index (χ1n) is 7.32. The zero-order chi connectivity index (χ0) is 13.1. The van der Waals surface area contributed by atoms with Crippen molar-refractivity contribution in [1.29, 1.82) is 0 Å². The Labute approximate surface area is 107 Å². The number of hydrogen-bond acceptors (Lipinski definition) is 3. The van der Waals surface area contributed by atoms with Crippen LogP contribution in [-0.2, 0) is 0 Å². The van der Waals surface area contributed by atoms with E-state index in [1.54, 1.807) is 0 Å². The van der Waals surface area contributed by atoms with Crippen LogP contribution in [0.1, 0.15) is 65.7 Å². The normalized spacial score (nSPS) is 16.8. The van der Waals surface area contributed by atoms with Gasteiger partial charge in [-0.2, -0.15) is 0 Å². The van der Waals surface area contributed by atoms with E-state index >= 15 is 0 Å². The standard InChI is InChI=1S/C14H32N2O/c1-4-7-9-12(6-3)13(15)11-14(17)16-10-8-5-2/h12-14,16-17H,4-11,15H2,1-3H3. The van der Waals surface area contributed by atoms with Gasteiger partial charge in [-0.1, -0.05) is 46.5 Å². The van der Waals surface area contributed by atoms with Crippen LogP contribution in [0, 0.1) is 5.92 Å². The Kier molecular flexibility index (Phi) is 10.9. The van der Waals surface area contributed by atoms with Crippen molar-refractivity contribution in [3.8, 4) is 0 Å². The van der Waals surface area contributed by atoms with Crippen LogP contribution >= 0.6 is 0 Å². The summed E-state index contributed by atoms with van der Waals surface area (Å²) < 4.78 is 0. The Morgan fingerprint density at radius 3 is 2.29 bits per heavy atom. The lowest BCUT2D eigenvalue weighted by Gasteiger charge is -2.25. The third kappa shape index (κ3) is 8.58. The predicted molar refractivity (Wildman–Crippen MR) is 74.8 cm³/mol. The quantitative estimate of drug-likeness (QED) is 0.387. The van der Waals surface area contributed by atoms with Crippen LogP contribution in [0.4, 0.5) is 0 Å². The molecule has 0 aliphatic rings. The van der Waals surface area contributed by atoms with Gasteiger partial charge in [0.2, 0.25) is 0 Å². The van der Waals surface area contributed by atoms with E-state index in [-0.39, 0.29) is 6.04 Å². The smallest absolute Gasteiger partial charge is 0.106 e. The number of aliphatic hydroxyl groups excluding tert-OH is 1. The van der Waals surface area contributed by atoms with Gasteiger partial charge in [0.15, 0.2) is 0 Å². The third-order valence-electron chi connectivity index (χ3n) is 3.46. The minimum Gasteiger partial charge on any atom is -0.379 e. The molecule has 0 aromatic rings. The van der Waals surface area contributed by atoms with Gasteiger partial charge in [-0.3, -0.25) is 5.32 Å². The van der Waals surface area contributed by atoms with Gasteiger partial charge < -0.3 is 10.8 Å². The van der Waals surface area contributed by atoms with E-state index in [1.807, 2.05) is 0 Å². The average Bonchev–Trinajstić information content (AvgIpc) is 2.30.